The SMILES string of the molecule is NS(=O)(=O)c1ccc(N2CCC(Nc3ccc(F)cc3)CC2)cc1. The average Bonchev–Trinajstić information content (AvgIpc) is 2.57. The summed E-state index contributed by atoms with van der Waals surface area (Å²) in [6.45, 7) is 1.74. The molecule has 1 aliphatic heterocycles. The molecule has 24 heavy (non-hydrogen) atoms. The highest BCUT2D eigenvalue weighted by atomic mass is 32.2. The Labute approximate surface area is 141 Å². The van der Waals surface area contributed by atoms with Crippen LogP contribution in [-0.2, 0) is 10.0 Å². The third-order valence-electron chi connectivity index (χ3n) is 4.24. The van der Waals surface area contributed by atoms with Crippen LogP contribution in [-0.4, -0.2) is 27.5 Å². The number of hydrogen-bond acceptors (Lipinski definition) is 4. The Morgan fingerprint density at radius 3 is 2.12 bits per heavy atom. The van der Waals surface area contributed by atoms with Crippen molar-refractivity contribution in [2.75, 3.05) is 23.3 Å². The van der Waals surface area contributed by atoms with Crippen LogP contribution in [0.1, 0.15) is 12.8 Å². The molecule has 3 N–H and O–H groups in total. The minimum absolute atomic E-state index is 0.124. The topological polar surface area (TPSA) is 75.4 Å². The maximum atomic E-state index is 12.9. The summed E-state index contributed by atoms with van der Waals surface area (Å²) in [5, 5.41) is 8.53. The largest absolute Gasteiger partial charge is 0.382 e. The van der Waals surface area contributed by atoms with Crippen molar-refractivity contribution >= 4 is 21.4 Å². The lowest BCUT2D eigenvalue weighted by atomic mass is 10.0. The molecule has 0 spiro atoms. The minimum Gasteiger partial charge on any atom is -0.382 e. The highest BCUT2D eigenvalue weighted by molar-refractivity contribution is 7.89. The van der Waals surface area contributed by atoms with Crippen LogP contribution >= 0.6 is 0 Å². The first-order valence-electron chi connectivity index (χ1n) is 7.82. The van der Waals surface area contributed by atoms with E-state index in [4.69, 9.17) is 5.14 Å². The number of hydrogen-bond donors (Lipinski definition) is 2. The van der Waals surface area contributed by atoms with E-state index in [-0.39, 0.29) is 10.7 Å². The Kier molecular flexibility index (Phi) is 4.73. The van der Waals surface area contributed by atoms with Gasteiger partial charge < -0.3 is 10.2 Å². The minimum atomic E-state index is -3.65. The Balaban J connectivity index is 1.57. The molecule has 1 saturated heterocycles. The van der Waals surface area contributed by atoms with E-state index in [2.05, 4.69) is 10.2 Å². The lowest BCUT2D eigenvalue weighted by molar-refractivity contribution is 0.526. The number of benzene rings is 2. The maximum absolute atomic E-state index is 12.9. The molecule has 0 aliphatic carbocycles. The Morgan fingerprint density at radius 1 is 1.00 bits per heavy atom. The van der Waals surface area contributed by atoms with Crippen molar-refractivity contribution in [2.45, 2.75) is 23.8 Å². The number of anilines is 2. The highest BCUT2D eigenvalue weighted by Crippen LogP contribution is 2.23. The quantitative estimate of drug-likeness (QED) is 0.889. The van der Waals surface area contributed by atoms with Crippen molar-refractivity contribution in [3.8, 4) is 0 Å². The zero-order valence-corrected chi connectivity index (χ0v) is 14.0. The molecule has 0 amide bonds. The molecule has 3 rings (SSSR count). The van der Waals surface area contributed by atoms with Gasteiger partial charge in [-0.2, -0.15) is 0 Å². The number of rotatable bonds is 4. The van der Waals surface area contributed by atoms with Gasteiger partial charge in [-0.25, -0.2) is 17.9 Å². The van der Waals surface area contributed by atoms with Crippen LogP contribution in [0.3, 0.4) is 0 Å². The van der Waals surface area contributed by atoms with E-state index in [1.54, 1.807) is 24.3 Å². The van der Waals surface area contributed by atoms with E-state index in [0.717, 1.165) is 37.3 Å². The van der Waals surface area contributed by atoms with E-state index in [0.29, 0.717) is 6.04 Å². The van der Waals surface area contributed by atoms with Gasteiger partial charge in [-0.05, 0) is 61.4 Å². The van der Waals surface area contributed by atoms with Crippen molar-refractivity contribution < 1.29 is 12.8 Å². The van der Waals surface area contributed by atoms with Gasteiger partial charge >= 0.3 is 0 Å². The van der Waals surface area contributed by atoms with Gasteiger partial charge in [0.1, 0.15) is 5.82 Å². The van der Waals surface area contributed by atoms with E-state index in [1.165, 1.54) is 24.3 Å². The van der Waals surface area contributed by atoms with Crippen LogP contribution in [0, 0.1) is 5.82 Å². The molecule has 2 aromatic rings. The van der Waals surface area contributed by atoms with Crippen LogP contribution in [0.5, 0.6) is 0 Å². The van der Waals surface area contributed by atoms with Gasteiger partial charge in [0.15, 0.2) is 0 Å². The van der Waals surface area contributed by atoms with Gasteiger partial charge in [-0.1, -0.05) is 0 Å². The van der Waals surface area contributed by atoms with Gasteiger partial charge in [0.25, 0.3) is 0 Å². The molecule has 0 saturated carbocycles. The molecule has 1 fully saturated rings. The van der Waals surface area contributed by atoms with Crippen molar-refractivity contribution in [3.05, 3.63) is 54.3 Å². The van der Waals surface area contributed by atoms with Crippen molar-refractivity contribution in [3.63, 3.8) is 0 Å². The number of halogens is 1. The molecule has 0 aromatic heterocycles. The van der Waals surface area contributed by atoms with E-state index in [1.807, 2.05) is 0 Å². The van der Waals surface area contributed by atoms with Crippen LogP contribution in [0.25, 0.3) is 0 Å². The van der Waals surface area contributed by atoms with E-state index < -0.39 is 10.0 Å². The Bertz CT molecular complexity index is 784. The number of nitrogens with zero attached hydrogens (tertiary/aromatic N) is 1. The molecule has 1 aliphatic rings. The molecule has 7 heteroatoms. The zero-order valence-electron chi connectivity index (χ0n) is 13.2. The Morgan fingerprint density at radius 2 is 1.58 bits per heavy atom. The molecule has 1 heterocycles. The lowest BCUT2D eigenvalue weighted by Crippen LogP contribution is -2.39. The maximum Gasteiger partial charge on any atom is 0.238 e. The number of nitrogens with one attached hydrogen (secondary N) is 1. The first kappa shape index (κ1) is 16.7. The summed E-state index contributed by atoms with van der Waals surface area (Å²) < 4.78 is 35.5. The fourth-order valence-corrected chi connectivity index (χ4v) is 3.43. The van der Waals surface area contributed by atoms with Crippen molar-refractivity contribution in [1.29, 1.82) is 0 Å². The molecule has 2 aromatic carbocycles. The molecular formula is C17H20FN3O2S. The second kappa shape index (κ2) is 6.78. The van der Waals surface area contributed by atoms with E-state index in [9.17, 15) is 12.8 Å². The van der Waals surface area contributed by atoms with Crippen molar-refractivity contribution in [1.82, 2.24) is 0 Å². The third kappa shape index (κ3) is 4.04. The van der Waals surface area contributed by atoms with Crippen LogP contribution < -0.4 is 15.4 Å². The molecule has 5 nitrogen and oxygen atoms in total. The first-order chi connectivity index (χ1) is 11.4. The summed E-state index contributed by atoms with van der Waals surface area (Å²) in [7, 11) is -3.65. The molecule has 0 radical (unpaired) electrons. The number of sulfonamides is 1. The number of nitrogens with two attached hydrogens (primary N) is 1. The molecule has 0 unspecified atom stereocenters. The lowest BCUT2D eigenvalue weighted by Gasteiger charge is -2.34. The standard InChI is InChI=1S/C17H20FN3O2S/c18-13-1-3-14(4-2-13)20-15-9-11-21(12-10-15)16-5-7-17(8-6-16)24(19,22)23/h1-8,15,20H,9-12H2,(H2,19,22,23). The van der Waals surface area contributed by atoms with Gasteiger partial charge in [-0.15, -0.1) is 0 Å². The zero-order chi connectivity index (χ0) is 17.2. The van der Waals surface area contributed by atoms with Gasteiger partial charge in [0.05, 0.1) is 4.90 Å². The number of primary sulfonamides is 1. The molecule has 128 valence electrons. The molecule has 0 bridgehead atoms. The highest BCUT2D eigenvalue weighted by Gasteiger charge is 2.19. The van der Waals surface area contributed by atoms with Crippen molar-refractivity contribution in [2.24, 2.45) is 5.14 Å². The smallest absolute Gasteiger partial charge is 0.238 e. The van der Waals surface area contributed by atoms with Gasteiger partial charge in [0, 0.05) is 30.5 Å². The normalized spacial score (nSPS) is 16.2. The fraction of sp³-hybridized carbons (Fsp3) is 0.294. The monoisotopic (exact) mass is 349 g/mol. The second-order valence-electron chi connectivity index (χ2n) is 5.95. The summed E-state index contributed by atoms with van der Waals surface area (Å²) in [6.07, 6.45) is 1.91. The summed E-state index contributed by atoms with van der Waals surface area (Å²) in [6, 6.07) is 13.4. The summed E-state index contributed by atoms with van der Waals surface area (Å²) >= 11 is 0. The molecule has 0 atom stereocenters. The second-order valence-corrected chi connectivity index (χ2v) is 7.51. The Hall–Kier alpha value is -2.12. The van der Waals surface area contributed by atoms with Crippen LogP contribution in [0.15, 0.2) is 53.4 Å². The number of piperidine rings is 1. The summed E-state index contributed by atoms with van der Waals surface area (Å²) in [5.41, 5.74) is 1.91. The average molecular weight is 349 g/mol. The van der Waals surface area contributed by atoms with Crippen LogP contribution in [0.4, 0.5) is 15.8 Å². The molecular weight excluding hydrogens is 329 g/mol. The van der Waals surface area contributed by atoms with Crippen LogP contribution in [0.2, 0.25) is 0 Å². The predicted octanol–water partition coefficient (Wildman–Crippen LogP) is 2.55. The summed E-state index contributed by atoms with van der Waals surface area (Å²) in [5.74, 6) is -0.238. The van der Waals surface area contributed by atoms with Gasteiger partial charge in [-0.3, -0.25) is 0 Å². The fourth-order valence-electron chi connectivity index (χ4n) is 2.91. The van der Waals surface area contributed by atoms with Gasteiger partial charge in [0.2, 0.25) is 10.0 Å². The van der Waals surface area contributed by atoms with E-state index >= 15 is 0 Å². The predicted molar refractivity (Wildman–Crippen MR) is 93.1 cm³/mol. The first-order valence-corrected chi connectivity index (χ1v) is 9.36. The summed E-state index contributed by atoms with van der Waals surface area (Å²) in [4.78, 5) is 2.34. The third-order valence-corrected chi connectivity index (χ3v) is 5.17.